The molecule has 1 fully saturated rings. The number of hydrogen-bond acceptors (Lipinski definition) is 7. The molecule has 4 heterocycles. The molecule has 0 amide bonds. The van der Waals surface area contributed by atoms with Crippen molar-refractivity contribution in [1.82, 2.24) is 19.6 Å². The number of ether oxygens (including phenoxy) is 1. The van der Waals surface area contributed by atoms with Gasteiger partial charge in [-0.15, -0.1) is 5.11 Å². The third-order valence-corrected chi connectivity index (χ3v) is 5.17. The molecule has 31 heavy (non-hydrogen) atoms. The second-order valence-electron chi connectivity index (χ2n) is 7.48. The number of aromatic nitrogens is 4. The van der Waals surface area contributed by atoms with Crippen molar-refractivity contribution in [1.29, 1.82) is 0 Å². The zero-order valence-electron chi connectivity index (χ0n) is 17.3. The average molecular weight is 413 g/mol. The molecule has 1 aromatic carbocycles. The summed E-state index contributed by atoms with van der Waals surface area (Å²) >= 11 is 0. The highest BCUT2D eigenvalue weighted by molar-refractivity contribution is 5.65. The van der Waals surface area contributed by atoms with Crippen LogP contribution in [-0.2, 0) is 11.3 Å². The molecule has 8 heteroatoms. The molecule has 0 N–H and O–H groups in total. The van der Waals surface area contributed by atoms with Crippen LogP contribution in [0.25, 0.3) is 17.0 Å². The van der Waals surface area contributed by atoms with Gasteiger partial charge >= 0.3 is 0 Å². The first-order valence-electron chi connectivity index (χ1n) is 10.3. The van der Waals surface area contributed by atoms with Gasteiger partial charge in [0.1, 0.15) is 11.5 Å². The van der Waals surface area contributed by atoms with Crippen molar-refractivity contribution in [3.63, 3.8) is 0 Å². The van der Waals surface area contributed by atoms with Crippen LogP contribution in [0.4, 0.5) is 11.6 Å². The fourth-order valence-electron chi connectivity index (χ4n) is 3.65. The number of nitrogens with zero attached hydrogens (tertiary/aromatic N) is 7. The van der Waals surface area contributed by atoms with Gasteiger partial charge in [-0.05, 0) is 24.6 Å². The van der Waals surface area contributed by atoms with Crippen LogP contribution in [0.3, 0.4) is 0 Å². The molecule has 3 aromatic heterocycles. The lowest BCUT2D eigenvalue weighted by molar-refractivity contribution is 0.122. The van der Waals surface area contributed by atoms with Crippen LogP contribution in [0.15, 0.2) is 71.0 Å². The van der Waals surface area contributed by atoms with Gasteiger partial charge in [-0.3, -0.25) is 4.98 Å². The smallest absolute Gasteiger partial charge is 0.179 e. The van der Waals surface area contributed by atoms with E-state index in [-0.39, 0.29) is 0 Å². The van der Waals surface area contributed by atoms with E-state index in [0.717, 1.165) is 35.9 Å². The Morgan fingerprint density at radius 3 is 2.71 bits per heavy atom. The van der Waals surface area contributed by atoms with E-state index in [4.69, 9.17) is 9.84 Å². The highest BCUT2D eigenvalue weighted by Gasteiger charge is 2.18. The van der Waals surface area contributed by atoms with Crippen LogP contribution in [0.2, 0.25) is 0 Å². The van der Waals surface area contributed by atoms with E-state index >= 15 is 0 Å². The van der Waals surface area contributed by atoms with E-state index in [2.05, 4.69) is 50.2 Å². The van der Waals surface area contributed by atoms with Gasteiger partial charge in [0.05, 0.1) is 25.5 Å². The summed E-state index contributed by atoms with van der Waals surface area (Å²) in [7, 11) is 0. The van der Waals surface area contributed by atoms with Gasteiger partial charge in [-0.1, -0.05) is 35.9 Å². The van der Waals surface area contributed by atoms with Crippen molar-refractivity contribution in [2.75, 3.05) is 31.2 Å². The third-order valence-electron chi connectivity index (χ3n) is 5.17. The van der Waals surface area contributed by atoms with E-state index in [9.17, 15) is 0 Å². The van der Waals surface area contributed by atoms with Crippen LogP contribution in [0.5, 0.6) is 0 Å². The van der Waals surface area contributed by atoms with Gasteiger partial charge in [-0.2, -0.15) is 14.7 Å². The van der Waals surface area contributed by atoms with Crippen molar-refractivity contribution in [3.8, 4) is 11.4 Å². The Hall–Kier alpha value is -3.65. The Labute approximate surface area is 180 Å². The maximum absolute atomic E-state index is 5.52. The summed E-state index contributed by atoms with van der Waals surface area (Å²) in [5, 5.41) is 13.6. The lowest BCUT2D eigenvalue weighted by Gasteiger charge is -2.28. The number of anilines is 1. The van der Waals surface area contributed by atoms with Gasteiger partial charge in [0.25, 0.3) is 0 Å². The largest absolute Gasteiger partial charge is 0.378 e. The highest BCUT2D eigenvalue weighted by Crippen LogP contribution is 2.26. The number of morpholine rings is 1. The Morgan fingerprint density at radius 2 is 1.90 bits per heavy atom. The predicted molar refractivity (Wildman–Crippen MR) is 119 cm³/mol. The van der Waals surface area contributed by atoms with E-state index < -0.39 is 0 Å². The number of pyridine rings is 1. The maximum Gasteiger partial charge on any atom is 0.179 e. The average Bonchev–Trinajstić information content (AvgIpc) is 3.24. The van der Waals surface area contributed by atoms with Crippen LogP contribution >= 0.6 is 0 Å². The molecule has 0 unspecified atom stereocenters. The molecule has 0 radical (unpaired) electrons. The van der Waals surface area contributed by atoms with E-state index in [1.165, 1.54) is 5.56 Å². The lowest BCUT2D eigenvalue weighted by atomic mass is 10.1. The number of benzene rings is 1. The fourth-order valence-corrected chi connectivity index (χ4v) is 3.65. The lowest BCUT2D eigenvalue weighted by Crippen LogP contribution is -2.37. The number of fused-ring (bicyclic) bond motifs is 1. The quantitative estimate of drug-likeness (QED) is 0.458. The summed E-state index contributed by atoms with van der Waals surface area (Å²) in [6.07, 6.45) is 1.76. The maximum atomic E-state index is 5.52. The minimum absolute atomic E-state index is 0.514. The molecule has 1 saturated heterocycles. The van der Waals surface area contributed by atoms with Crippen LogP contribution in [0, 0.1) is 6.92 Å². The highest BCUT2D eigenvalue weighted by atomic mass is 16.5. The third kappa shape index (κ3) is 4.29. The van der Waals surface area contributed by atoms with Crippen molar-refractivity contribution in [2.24, 2.45) is 10.2 Å². The van der Waals surface area contributed by atoms with Gasteiger partial charge in [-0.25, -0.2) is 4.98 Å². The number of rotatable bonds is 5. The standard InChI is InChI=1S/C23H23N7O/c1-17-5-4-6-18(13-17)16-25-27-21-15-23(29-9-11-31-12-10-29)30-22(26-21)14-20(28-30)19-7-2-3-8-24-19/h2-8,13-15H,9-12,16H2,1H3. The molecular formula is C23H23N7O. The van der Waals surface area contributed by atoms with Gasteiger partial charge in [0.15, 0.2) is 11.5 Å². The number of hydrogen-bond donors (Lipinski definition) is 0. The summed E-state index contributed by atoms with van der Waals surface area (Å²) in [5.41, 5.74) is 4.64. The Bertz CT molecular complexity index is 1210. The first kappa shape index (κ1) is 19.3. The van der Waals surface area contributed by atoms with Crippen LogP contribution in [0.1, 0.15) is 11.1 Å². The summed E-state index contributed by atoms with van der Waals surface area (Å²) in [4.78, 5) is 11.3. The topological polar surface area (TPSA) is 80.3 Å². The second-order valence-corrected chi connectivity index (χ2v) is 7.48. The second kappa shape index (κ2) is 8.61. The number of aryl methyl sites for hydroxylation is 1. The molecular weight excluding hydrogens is 390 g/mol. The SMILES string of the molecule is Cc1cccc(CN=Nc2cc(N3CCOCC3)n3nc(-c4ccccn4)cc3n2)c1. The Balaban J connectivity index is 1.51. The van der Waals surface area contributed by atoms with Gasteiger partial charge in [0, 0.05) is 31.4 Å². The molecule has 4 aromatic rings. The Kier molecular flexibility index (Phi) is 5.37. The van der Waals surface area contributed by atoms with Crippen molar-refractivity contribution in [2.45, 2.75) is 13.5 Å². The minimum atomic E-state index is 0.514. The zero-order valence-corrected chi connectivity index (χ0v) is 17.3. The van der Waals surface area contributed by atoms with Crippen LogP contribution < -0.4 is 4.90 Å². The minimum Gasteiger partial charge on any atom is -0.378 e. The predicted octanol–water partition coefficient (Wildman–Crippen LogP) is 4.22. The summed E-state index contributed by atoms with van der Waals surface area (Å²) in [6, 6.07) is 17.9. The van der Waals surface area contributed by atoms with Gasteiger partial charge < -0.3 is 9.64 Å². The van der Waals surface area contributed by atoms with Crippen LogP contribution in [-0.4, -0.2) is 45.9 Å². The molecule has 0 spiro atoms. The van der Waals surface area contributed by atoms with E-state index in [1.54, 1.807) is 6.20 Å². The molecule has 156 valence electrons. The van der Waals surface area contributed by atoms with E-state index in [0.29, 0.717) is 31.2 Å². The molecule has 0 saturated carbocycles. The van der Waals surface area contributed by atoms with Crippen molar-refractivity contribution in [3.05, 3.63) is 71.9 Å². The summed E-state index contributed by atoms with van der Waals surface area (Å²) < 4.78 is 7.38. The molecule has 5 rings (SSSR count). The summed E-state index contributed by atoms with van der Waals surface area (Å²) in [6.45, 7) is 5.53. The molecule has 8 nitrogen and oxygen atoms in total. The van der Waals surface area contributed by atoms with Crippen molar-refractivity contribution < 1.29 is 4.74 Å². The molecule has 1 aliphatic heterocycles. The summed E-state index contributed by atoms with van der Waals surface area (Å²) in [5.74, 6) is 1.49. The first-order chi connectivity index (χ1) is 15.3. The van der Waals surface area contributed by atoms with Crippen molar-refractivity contribution >= 4 is 17.3 Å². The first-order valence-corrected chi connectivity index (χ1v) is 10.3. The molecule has 0 bridgehead atoms. The van der Waals surface area contributed by atoms with E-state index in [1.807, 2.05) is 40.9 Å². The number of azo groups is 1. The Morgan fingerprint density at radius 1 is 1.00 bits per heavy atom. The van der Waals surface area contributed by atoms with Gasteiger partial charge in [0.2, 0.25) is 0 Å². The molecule has 1 aliphatic rings. The zero-order chi connectivity index (χ0) is 21.0. The fraction of sp³-hybridized carbons (Fsp3) is 0.261. The normalized spacial score (nSPS) is 14.5. The molecule has 0 atom stereocenters. The molecule has 0 aliphatic carbocycles. The monoisotopic (exact) mass is 413 g/mol.